The van der Waals surface area contributed by atoms with Gasteiger partial charge in [0.1, 0.15) is 0 Å². The summed E-state index contributed by atoms with van der Waals surface area (Å²) in [6, 6.07) is 0. The summed E-state index contributed by atoms with van der Waals surface area (Å²) in [4.78, 5) is 0. The normalized spacial score (nSPS) is 17.2. The number of rotatable bonds is 20. The third-order valence-corrected chi connectivity index (χ3v) is 5.49. The lowest BCUT2D eigenvalue weighted by Crippen LogP contribution is -2.31. The summed E-state index contributed by atoms with van der Waals surface area (Å²) < 4.78 is 28.5. The first kappa shape index (κ1) is 28.3. The van der Waals surface area contributed by atoms with Crippen LogP contribution in [0.5, 0.6) is 0 Å². The Hall–Kier alpha value is -0.720. The minimum Gasteiger partial charge on any atom is -0.381 e. The first-order valence-corrected chi connectivity index (χ1v) is 11.0. The van der Waals surface area contributed by atoms with Crippen LogP contribution in [0.1, 0.15) is 64.7 Å². The Morgan fingerprint density at radius 1 is 0.690 bits per heavy atom. The molecule has 0 saturated heterocycles. The molecule has 0 rings (SSSR count). The van der Waals surface area contributed by atoms with Gasteiger partial charge in [-0.1, -0.05) is 44.4 Å². The molecule has 0 aliphatic heterocycles. The second-order valence-electron chi connectivity index (χ2n) is 7.60. The third kappa shape index (κ3) is 14.0. The van der Waals surface area contributed by atoms with E-state index in [-0.39, 0.29) is 30.5 Å². The van der Waals surface area contributed by atoms with Crippen LogP contribution in [0.15, 0.2) is 24.8 Å². The molecule has 0 aromatic rings. The van der Waals surface area contributed by atoms with Crippen molar-refractivity contribution in [2.75, 3.05) is 35.5 Å². The molecule has 0 saturated carbocycles. The zero-order valence-electron chi connectivity index (χ0n) is 19.7. The largest absolute Gasteiger partial charge is 0.381 e. The summed E-state index contributed by atoms with van der Waals surface area (Å²) in [6.07, 6.45) is 15.4. The fourth-order valence-corrected chi connectivity index (χ4v) is 3.54. The van der Waals surface area contributed by atoms with Crippen LogP contribution in [0.2, 0.25) is 0 Å². The molecule has 5 nitrogen and oxygen atoms in total. The van der Waals surface area contributed by atoms with E-state index in [0.29, 0.717) is 0 Å². The van der Waals surface area contributed by atoms with Crippen LogP contribution in [-0.2, 0) is 23.7 Å². The van der Waals surface area contributed by atoms with Crippen LogP contribution in [0.25, 0.3) is 0 Å². The summed E-state index contributed by atoms with van der Waals surface area (Å²) in [5.41, 5.74) is 0. The van der Waals surface area contributed by atoms with Gasteiger partial charge in [0.05, 0.1) is 30.5 Å². The summed E-state index contributed by atoms with van der Waals surface area (Å²) in [5, 5.41) is 0. The van der Waals surface area contributed by atoms with E-state index in [1.807, 2.05) is 6.08 Å². The van der Waals surface area contributed by atoms with Crippen LogP contribution < -0.4 is 0 Å². The van der Waals surface area contributed by atoms with Gasteiger partial charge in [0, 0.05) is 42.0 Å². The van der Waals surface area contributed by atoms with Crippen molar-refractivity contribution in [1.29, 1.82) is 0 Å². The molecule has 0 radical (unpaired) electrons. The standard InChI is InChI=1S/C24H46O5/c1-8-10-12-14-20(25-3)16-22(27-5)18-24(29-7)19-23(28-6)17-21(26-4)15-13-11-9-2/h8,12,14,20-24H,1,9-11,13,15-19H2,2-7H3/b14-12+/t20-,21+,22-,23+,24-/m0/s1. The predicted octanol–water partition coefficient (Wildman–Crippen LogP) is 5.33. The molecule has 0 aromatic carbocycles. The molecule has 5 atom stereocenters. The molecule has 172 valence electrons. The average Bonchev–Trinajstić information content (AvgIpc) is 2.75. The van der Waals surface area contributed by atoms with Crippen molar-refractivity contribution in [2.24, 2.45) is 0 Å². The number of hydrogen-bond acceptors (Lipinski definition) is 5. The van der Waals surface area contributed by atoms with Crippen molar-refractivity contribution < 1.29 is 23.7 Å². The van der Waals surface area contributed by atoms with Crippen LogP contribution in [0, 0.1) is 0 Å². The fourth-order valence-electron chi connectivity index (χ4n) is 3.54. The Morgan fingerprint density at radius 2 is 1.21 bits per heavy atom. The lowest BCUT2D eigenvalue weighted by molar-refractivity contribution is -0.0395. The number of allylic oxidation sites excluding steroid dienone is 2. The van der Waals surface area contributed by atoms with E-state index in [1.54, 1.807) is 35.5 Å². The van der Waals surface area contributed by atoms with Crippen molar-refractivity contribution in [3.05, 3.63) is 24.8 Å². The highest BCUT2D eigenvalue weighted by molar-refractivity contribution is 4.94. The molecule has 0 spiro atoms. The van der Waals surface area contributed by atoms with E-state index < -0.39 is 0 Å². The first-order chi connectivity index (χ1) is 14.1. The van der Waals surface area contributed by atoms with Crippen LogP contribution in [0.4, 0.5) is 0 Å². The van der Waals surface area contributed by atoms with E-state index in [0.717, 1.165) is 38.5 Å². The molecular weight excluding hydrogens is 368 g/mol. The van der Waals surface area contributed by atoms with Gasteiger partial charge < -0.3 is 23.7 Å². The second-order valence-corrected chi connectivity index (χ2v) is 7.60. The topological polar surface area (TPSA) is 46.2 Å². The Morgan fingerprint density at radius 3 is 1.66 bits per heavy atom. The number of ether oxygens (including phenoxy) is 5. The first-order valence-electron chi connectivity index (χ1n) is 11.0. The third-order valence-electron chi connectivity index (χ3n) is 5.49. The Labute approximate surface area is 179 Å². The number of unbranched alkanes of at least 4 members (excludes halogenated alkanes) is 2. The Balaban J connectivity index is 4.70. The van der Waals surface area contributed by atoms with Gasteiger partial charge in [0.25, 0.3) is 0 Å². The fraction of sp³-hybridized carbons (Fsp3) is 0.833. The summed E-state index contributed by atoms with van der Waals surface area (Å²) >= 11 is 0. The van der Waals surface area contributed by atoms with Crippen molar-refractivity contribution in [3.8, 4) is 0 Å². The van der Waals surface area contributed by atoms with Crippen LogP contribution in [0.3, 0.4) is 0 Å². The quantitative estimate of drug-likeness (QED) is 0.199. The lowest BCUT2D eigenvalue weighted by atomic mass is 9.97. The molecule has 29 heavy (non-hydrogen) atoms. The molecule has 0 N–H and O–H groups in total. The zero-order chi connectivity index (χ0) is 21.9. The van der Waals surface area contributed by atoms with E-state index >= 15 is 0 Å². The minimum atomic E-state index is 0.0204. The molecule has 0 bridgehead atoms. The van der Waals surface area contributed by atoms with Crippen molar-refractivity contribution >= 4 is 0 Å². The summed E-state index contributed by atoms with van der Waals surface area (Å²) in [6.45, 7) is 5.96. The van der Waals surface area contributed by atoms with Gasteiger partial charge in [0.15, 0.2) is 0 Å². The maximum atomic E-state index is 5.77. The van der Waals surface area contributed by atoms with Crippen molar-refractivity contribution in [3.63, 3.8) is 0 Å². The van der Waals surface area contributed by atoms with E-state index in [9.17, 15) is 0 Å². The number of methoxy groups -OCH3 is 5. The molecule has 0 aliphatic rings. The Kier molecular flexibility index (Phi) is 18.8. The minimum absolute atomic E-state index is 0.0204. The molecule has 0 fully saturated rings. The smallest absolute Gasteiger partial charge is 0.0776 e. The average molecular weight is 415 g/mol. The molecule has 0 heterocycles. The van der Waals surface area contributed by atoms with E-state index in [1.165, 1.54) is 19.3 Å². The van der Waals surface area contributed by atoms with Crippen LogP contribution >= 0.6 is 0 Å². The highest BCUT2D eigenvalue weighted by Crippen LogP contribution is 2.21. The van der Waals surface area contributed by atoms with Gasteiger partial charge in [-0.05, 0) is 32.1 Å². The monoisotopic (exact) mass is 414 g/mol. The SMILES string of the molecule is C=CC/C=C/[C@@H](C[C@@H](C[C@@H](C[C@@H](C[C@@H](CCCCC)OC)OC)OC)OC)OC. The molecule has 0 aliphatic carbocycles. The van der Waals surface area contributed by atoms with Crippen molar-refractivity contribution in [2.45, 2.75) is 95.2 Å². The molecule has 0 amide bonds. The molecule has 5 heteroatoms. The highest BCUT2D eigenvalue weighted by Gasteiger charge is 2.24. The van der Waals surface area contributed by atoms with Crippen LogP contribution in [-0.4, -0.2) is 66.1 Å². The second kappa shape index (κ2) is 19.3. The molecular formula is C24H46O5. The van der Waals surface area contributed by atoms with Crippen molar-refractivity contribution in [1.82, 2.24) is 0 Å². The van der Waals surface area contributed by atoms with Gasteiger partial charge in [-0.15, -0.1) is 6.58 Å². The Bertz CT molecular complexity index is 399. The van der Waals surface area contributed by atoms with E-state index in [2.05, 4.69) is 25.7 Å². The highest BCUT2D eigenvalue weighted by atomic mass is 16.5. The zero-order valence-corrected chi connectivity index (χ0v) is 19.7. The van der Waals surface area contributed by atoms with Gasteiger partial charge in [-0.25, -0.2) is 0 Å². The van der Waals surface area contributed by atoms with Gasteiger partial charge in [-0.3, -0.25) is 0 Å². The maximum Gasteiger partial charge on any atom is 0.0776 e. The molecule has 0 unspecified atom stereocenters. The predicted molar refractivity (Wildman–Crippen MR) is 121 cm³/mol. The lowest BCUT2D eigenvalue weighted by Gasteiger charge is -2.28. The van der Waals surface area contributed by atoms with Gasteiger partial charge in [-0.2, -0.15) is 0 Å². The number of hydrogen-bond donors (Lipinski definition) is 0. The summed E-state index contributed by atoms with van der Waals surface area (Å²) in [5.74, 6) is 0. The summed E-state index contributed by atoms with van der Waals surface area (Å²) in [7, 11) is 8.81. The maximum absolute atomic E-state index is 5.77. The van der Waals surface area contributed by atoms with Gasteiger partial charge in [0.2, 0.25) is 0 Å². The van der Waals surface area contributed by atoms with Gasteiger partial charge >= 0.3 is 0 Å². The van der Waals surface area contributed by atoms with E-state index in [4.69, 9.17) is 23.7 Å². The molecule has 0 aromatic heterocycles.